The van der Waals surface area contributed by atoms with E-state index in [-0.39, 0.29) is 18.0 Å². The van der Waals surface area contributed by atoms with Crippen LogP contribution in [0.2, 0.25) is 0 Å². The number of carbonyl (C=O) groups is 1. The van der Waals surface area contributed by atoms with E-state index < -0.39 is 0 Å². The van der Waals surface area contributed by atoms with Gasteiger partial charge < -0.3 is 19.5 Å². The van der Waals surface area contributed by atoms with Crippen LogP contribution in [-0.2, 0) is 9.53 Å². The van der Waals surface area contributed by atoms with Crippen LogP contribution in [0.5, 0.6) is 11.5 Å². The number of rotatable bonds is 7. The van der Waals surface area contributed by atoms with Gasteiger partial charge >= 0.3 is 0 Å². The molecule has 2 atom stereocenters. The van der Waals surface area contributed by atoms with Gasteiger partial charge in [0, 0.05) is 31.2 Å². The SMILES string of the molecule is COc1ccc(C=CC(=O)NC(C)C(C)N2CCOCC2)cc1OC. The molecule has 1 amide bonds. The van der Waals surface area contributed by atoms with Gasteiger partial charge in [-0.05, 0) is 37.6 Å². The Morgan fingerprint density at radius 1 is 1.20 bits per heavy atom. The first kappa shape index (κ1) is 19.3. The number of nitrogens with one attached hydrogen (secondary N) is 1. The van der Waals surface area contributed by atoms with Crippen LogP contribution in [0.3, 0.4) is 0 Å². The number of benzene rings is 1. The number of amides is 1. The van der Waals surface area contributed by atoms with Gasteiger partial charge in [0.2, 0.25) is 5.91 Å². The molecule has 6 nitrogen and oxygen atoms in total. The van der Waals surface area contributed by atoms with Crippen LogP contribution in [-0.4, -0.2) is 63.4 Å². The zero-order chi connectivity index (χ0) is 18.2. The zero-order valence-electron chi connectivity index (χ0n) is 15.5. The van der Waals surface area contributed by atoms with E-state index in [0.29, 0.717) is 11.5 Å². The van der Waals surface area contributed by atoms with Crippen LogP contribution < -0.4 is 14.8 Å². The molecular weight excluding hydrogens is 320 g/mol. The van der Waals surface area contributed by atoms with E-state index in [1.54, 1.807) is 26.4 Å². The average Bonchev–Trinajstić information content (AvgIpc) is 2.66. The molecule has 1 aromatic rings. The fourth-order valence-electron chi connectivity index (χ4n) is 2.82. The van der Waals surface area contributed by atoms with Crippen molar-refractivity contribution in [2.75, 3.05) is 40.5 Å². The summed E-state index contributed by atoms with van der Waals surface area (Å²) in [7, 11) is 3.19. The summed E-state index contributed by atoms with van der Waals surface area (Å²) < 4.78 is 15.9. The molecule has 1 aliphatic rings. The maximum absolute atomic E-state index is 12.2. The Morgan fingerprint density at radius 2 is 1.88 bits per heavy atom. The van der Waals surface area contributed by atoms with Crippen LogP contribution in [0.1, 0.15) is 19.4 Å². The Morgan fingerprint density at radius 3 is 2.52 bits per heavy atom. The summed E-state index contributed by atoms with van der Waals surface area (Å²) in [6.07, 6.45) is 3.31. The zero-order valence-corrected chi connectivity index (χ0v) is 15.5. The van der Waals surface area contributed by atoms with Crippen LogP contribution >= 0.6 is 0 Å². The topological polar surface area (TPSA) is 60.0 Å². The molecule has 0 aliphatic carbocycles. The predicted octanol–water partition coefficient (Wildman–Crippen LogP) is 1.94. The standard InChI is InChI=1S/C19H28N2O4/c1-14(15(2)21-9-11-25-12-10-21)20-19(22)8-6-16-5-7-17(23-3)18(13-16)24-4/h5-8,13-15H,9-12H2,1-4H3,(H,20,22). The maximum Gasteiger partial charge on any atom is 0.244 e. The van der Waals surface area contributed by atoms with Gasteiger partial charge in [0.15, 0.2) is 11.5 Å². The lowest BCUT2D eigenvalue weighted by molar-refractivity contribution is -0.117. The Labute approximate surface area is 149 Å². The van der Waals surface area contributed by atoms with Gasteiger partial charge in [-0.3, -0.25) is 9.69 Å². The van der Waals surface area contributed by atoms with Crippen LogP contribution in [0.15, 0.2) is 24.3 Å². The highest BCUT2D eigenvalue weighted by atomic mass is 16.5. The third-order valence-electron chi connectivity index (χ3n) is 4.55. The summed E-state index contributed by atoms with van der Waals surface area (Å²) >= 11 is 0. The first-order valence-electron chi connectivity index (χ1n) is 8.57. The molecule has 1 saturated heterocycles. The Bertz CT molecular complexity index is 597. The highest BCUT2D eigenvalue weighted by molar-refractivity contribution is 5.92. The number of nitrogens with zero attached hydrogens (tertiary/aromatic N) is 1. The number of morpholine rings is 1. The molecule has 1 N–H and O–H groups in total. The normalized spacial score (nSPS) is 17.9. The lowest BCUT2D eigenvalue weighted by Gasteiger charge is -2.35. The van der Waals surface area contributed by atoms with E-state index in [4.69, 9.17) is 14.2 Å². The molecule has 0 saturated carbocycles. The second-order valence-electron chi connectivity index (χ2n) is 6.13. The molecule has 1 aromatic carbocycles. The van der Waals surface area contributed by atoms with E-state index >= 15 is 0 Å². The molecule has 2 rings (SSSR count). The first-order valence-corrected chi connectivity index (χ1v) is 8.57. The third-order valence-corrected chi connectivity index (χ3v) is 4.55. The first-order chi connectivity index (χ1) is 12.0. The number of methoxy groups -OCH3 is 2. The van der Waals surface area contributed by atoms with Gasteiger partial charge in [0.05, 0.1) is 27.4 Å². The minimum absolute atomic E-state index is 0.0562. The lowest BCUT2D eigenvalue weighted by Crippen LogP contribution is -2.51. The highest BCUT2D eigenvalue weighted by Gasteiger charge is 2.22. The van der Waals surface area contributed by atoms with Crippen molar-refractivity contribution >= 4 is 12.0 Å². The number of ether oxygens (including phenoxy) is 3. The molecule has 0 radical (unpaired) electrons. The summed E-state index contributed by atoms with van der Waals surface area (Å²) in [5.41, 5.74) is 0.877. The molecule has 138 valence electrons. The number of hydrogen-bond acceptors (Lipinski definition) is 5. The van der Waals surface area contributed by atoms with E-state index in [2.05, 4.69) is 17.1 Å². The van der Waals surface area contributed by atoms with Crippen molar-refractivity contribution in [2.24, 2.45) is 0 Å². The second kappa shape index (κ2) is 9.44. The summed E-state index contributed by atoms with van der Waals surface area (Å²) in [4.78, 5) is 14.5. The van der Waals surface area contributed by atoms with E-state index in [1.807, 2.05) is 25.1 Å². The van der Waals surface area contributed by atoms with Gasteiger partial charge in [0.1, 0.15) is 0 Å². The molecule has 6 heteroatoms. The van der Waals surface area contributed by atoms with Crippen LogP contribution in [0.25, 0.3) is 6.08 Å². The third kappa shape index (κ3) is 5.47. The summed E-state index contributed by atoms with van der Waals surface area (Å²) in [5, 5.41) is 3.03. The molecule has 0 spiro atoms. The summed E-state index contributed by atoms with van der Waals surface area (Å²) in [6, 6.07) is 5.86. The Balaban J connectivity index is 1.91. The monoisotopic (exact) mass is 348 g/mol. The predicted molar refractivity (Wildman–Crippen MR) is 98.0 cm³/mol. The summed E-state index contributed by atoms with van der Waals surface area (Å²) in [6.45, 7) is 7.48. The minimum atomic E-state index is -0.109. The minimum Gasteiger partial charge on any atom is -0.493 e. The molecule has 1 heterocycles. The molecular formula is C19H28N2O4. The van der Waals surface area contributed by atoms with Gasteiger partial charge in [-0.25, -0.2) is 0 Å². The fraction of sp³-hybridized carbons (Fsp3) is 0.526. The van der Waals surface area contributed by atoms with E-state index in [0.717, 1.165) is 31.9 Å². The van der Waals surface area contributed by atoms with Crippen LogP contribution in [0.4, 0.5) is 0 Å². The Hall–Kier alpha value is -2.05. The van der Waals surface area contributed by atoms with Crippen molar-refractivity contribution in [1.82, 2.24) is 10.2 Å². The van der Waals surface area contributed by atoms with Crippen molar-refractivity contribution in [3.8, 4) is 11.5 Å². The average molecular weight is 348 g/mol. The highest BCUT2D eigenvalue weighted by Crippen LogP contribution is 2.27. The molecule has 0 bridgehead atoms. The molecule has 2 unspecified atom stereocenters. The molecule has 25 heavy (non-hydrogen) atoms. The molecule has 1 fully saturated rings. The lowest BCUT2D eigenvalue weighted by atomic mass is 10.1. The van der Waals surface area contributed by atoms with E-state index in [9.17, 15) is 4.79 Å². The van der Waals surface area contributed by atoms with Crippen molar-refractivity contribution in [2.45, 2.75) is 25.9 Å². The van der Waals surface area contributed by atoms with Gasteiger partial charge in [-0.2, -0.15) is 0 Å². The molecule has 0 aromatic heterocycles. The van der Waals surface area contributed by atoms with Crippen molar-refractivity contribution < 1.29 is 19.0 Å². The van der Waals surface area contributed by atoms with Crippen molar-refractivity contribution in [3.05, 3.63) is 29.8 Å². The van der Waals surface area contributed by atoms with Crippen molar-refractivity contribution in [1.29, 1.82) is 0 Å². The van der Waals surface area contributed by atoms with E-state index in [1.165, 1.54) is 0 Å². The summed E-state index contributed by atoms with van der Waals surface area (Å²) in [5.74, 6) is 1.19. The number of hydrogen-bond donors (Lipinski definition) is 1. The van der Waals surface area contributed by atoms with Gasteiger partial charge in [0.25, 0.3) is 0 Å². The second-order valence-corrected chi connectivity index (χ2v) is 6.13. The quantitative estimate of drug-likeness (QED) is 0.763. The van der Waals surface area contributed by atoms with Crippen LogP contribution in [0, 0.1) is 0 Å². The smallest absolute Gasteiger partial charge is 0.244 e. The Kier molecular flexibility index (Phi) is 7.28. The van der Waals surface area contributed by atoms with Crippen molar-refractivity contribution in [3.63, 3.8) is 0 Å². The number of carbonyl (C=O) groups excluding carboxylic acids is 1. The maximum atomic E-state index is 12.2. The molecule has 1 aliphatic heterocycles. The van der Waals surface area contributed by atoms with Gasteiger partial charge in [-0.1, -0.05) is 6.07 Å². The largest absolute Gasteiger partial charge is 0.493 e. The van der Waals surface area contributed by atoms with Gasteiger partial charge in [-0.15, -0.1) is 0 Å². The fourth-order valence-corrected chi connectivity index (χ4v) is 2.82.